The SMILES string of the molecule is CC(C(=O)O)C1CN(C(=O)/C=C/c2ccc(Cl)s2)C1. The van der Waals surface area contributed by atoms with Crippen molar-refractivity contribution in [3.8, 4) is 0 Å². The average Bonchev–Trinajstić information content (AvgIpc) is 2.70. The molecule has 1 aliphatic heterocycles. The van der Waals surface area contributed by atoms with Crippen LogP contribution < -0.4 is 0 Å². The average molecular weight is 300 g/mol. The lowest BCUT2D eigenvalue weighted by Gasteiger charge is -2.40. The van der Waals surface area contributed by atoms with Crippen molar-refractivity contribution < 1.29 is 14.7 Å². The Bertz CT molecular complexity index is 520. The Hall–Kier alpha value is -1.33. The molecule has 19 heavy (non-hydrogen) atoms. The van der Waals surface area contributed by atoms with E-state index in [0.29, 0.717) is 17.4 Å². The van der Waals surface area contributed by atoms with Gasteiger partial charge in [-0.3, -0.25) is 9.59 Å². The highest BCUT2D eigenvalue weighted by molar-refractivity contribution is 7.17. The number of halogens is 1. The summed E-state index contributed by atoms with van der Waals surface area (Å²) >= 11 is 7.20. The van der Waals surface area contributed by atoms with Gasteiger partial charge in [-0.15, -0.1) is 11.3 Å². The number of carbonyl (C=O) groups is 2. The summed E-state index contributed by atoms with van der Waals surface area (Å²) in [5.74, 6) is -1.23. The standard InChI is InChI=1S/C13H14ClNO3S/c1-8(13(17)18)9-6-15(7-9)12(16)5-3-10-2-4-11(14)19-10/h2-5,8-9H,6-7H2,1H3,(H,17,18)/b5-3+. The first-order valence-corrected chi connectivity index (χ1v) is 7.12. The van der Waals surface area contributed by atoms with E-state index in [1.807, 2.05) is 6.07 Å². The van der Waals surface area contributed by atoms with E-state index in [9.17, 15) is 9.59 Å². The zero-order chi connectivity index (χ0) is 14.0. The third-order valence-corrected chi connectivity index (χ3v) is 4.50. The molecule has 4 nitrogen and oxygen atoms in total. The number of aliphatic carboxylic acids is 1. The molecular formula is C13H14ClNO3S. The predicted octanol–water partition coefficient (Wildman–Crippen LogP) is 2.59. The molecule has 2 heterocycles. The molecule has 0 aliphatic carbocycles. The normalized spacial score (nSPS) is 17.5. The van der Waals surface area contributed by atoms with Gasteiger partial charge in [0.05, 0.1) is 10.3 Å². The molecule has 6 heteroatoms. The number of nitrogens with zero attached hydrogens (tertiary/aromatic N) is 1. The van der Waals surface area contributed by atoms with Gasteiger partial charge in [-0.05, 0) is 18.2 Å². The van der Waals surface area contributed by atoms with E-state index >= 15 is 0 Å². The zero-order valence-corrected chi connectivity index (χ0v) is 11.9. The number of likely N-dealkylation sites (tertiary alicyclic amines) is 1. The Morgan fingerprint density at radius 2 is 2.21 bits per heavy atom. The van der Waals surface area contributed by atoms with Crippen molar-refractivity contribution in [1.82, 2.24) is 4.90 Å². The van der Waals surface area contributed by atoms with Crippen LogP contribution in [-0.4, -0.2) is 35.0 Å². The molecule has 102 valence electrons. The maximum atomic E-state index is 11.8. The molecule has 0 spiro atoms. The van der Waals surface area contributed by atoms with E-state index in [4.69, 9.17) is 16.7 Å². The maximum Gasteiger partial charge on any atom is 0.306 e. The number of hydrogen-bond acceptors (Lipinski definition) is 3. The minimum absolute atomic E-state index is 0.0611. The van der Waals surface area contributed by atoms with Gasteiger partial charge < -0.3 is 10.0 Å². The first-order chi connectivity index (χ1) is 8.97. The van der Waals surface area contributed by atoms with Crippen LogP contribution in [0.5, 0.6) is 0 Å². The van der Waals surface area contributed by atoms with Crippen molar-refractivity contribution in [3.05, 3.63) is 27.4 Å². The van der Waals surface area contributed by atoms with Gasteiger partial charge >= 0.3 is 5.97 Å². The van der Waals surface area contributed by atoms with Gasteiger partial charge in [-0.2, -0.15) is 0 Å². The van der Waals surface area contributed by atoms with Gasteiger partial charge in [-0.1, -0.05) is 18.5 Å². The maximum absolute atomic E-state index is 11.8. The lowest BCUT2D eigenvalue weighted by molar-refractivity contribution is -0.148. The van der Waals surface area contributed by atoms with Gasteiger partial charge in [0.25, 0.3) is 0 Å². The topological polar surface area (TPSA) is 57.6 Å². The molecule has 0 saturated carbocycles. The monoisotopic (exact) mass is 299 g/mol. The van der Waals surface area contributed by atoms with Crippen LogP contribution in [0, 0.1) is 11.8 Å². The second-order valence-electron chi connectivity index (χ2n) is 4.61. The fourth-order valence-electron chi connectivity index (χ4n) is 1.89. The number of carboxylic acid groups (broad SMARTS) is 1. The number of thiophene rings is 1. The Morgan fingerprint density at radius 3 is 2.74 bits per heavy atom. The van der Waals surface area contributed by atoms with Crippen LogP contribution in [0.15, 0.2) is 18.2 Å². The molecule has 1 aromatic heterocycles. The van der Waals surface area contributed by atoms with E-state index in [-0.39, 0.29) is 11.8 Å². The summed E-state index contributed by atoms with van der Waals surface area (Å²) in [6.45, 7) is 2.71. The number of amides is 1. The Kier molecular flexibility index (Phi) is 4.27. The number of rotatable bonds is 4. The first-order valence-electron chi connectivity index (χ1n) is 5.92. The van der Waals surface area contributed by atoms with Crippen LogP contribution in [0.25, 0.3) is 6.08 Å². The molecule has 1 aromatic rings. The van der Waals surface area contributed by atoms with E-state index < -0.39 is 11.9 Å². The third-order valence-electron chi connectivity index (χ3n) is 3.30. The second-order valence-corrected chi connectivity index (χ2v) is 6.35. The highest BCUT2D eigenvalue weighted by Gasteiger charge is 2.36. The third kappa shape index (κ3) is 3.36. The lowest BCUT2D eigenvalue weighted by atomic mass is 9.87. The van der Waals surface area contributed by atoms with Crippen molar-refractivity contribution in [2.45, 2.75) is 6.92 Å². The highest BCUT2D eigenvalue weighted by Crippen LogP contribution is 2.25. The molecule has 1 unspecified atom stereocenters. The summed E-state index contributed by atoms with van der Waals surface area (Å²) in [4.78, 5) is 25.2. The van der Waals surface area contributed by atoms with Gasteiger partial charge in [0.2, 0.25) is 5.91 Å². The first kappa shape index (κ1) is 14.1. The zero-order valence-electron chi connectivity index (χ0n) is 10.4. The number of carboxylic acids is 1. The Balaban J connectivity index is 1.83. The van der Waals surface area contributed by atoms with Gasteiger partial charge in [0.15, 0.2) is 0 Å². The Labute approximate surface area is 120 Å². The van der Waals surface area contributed by atoms with Crippen LogP contribution in [0.2, 0.25) is 4.34 Å². The summed E-state index contributed by atoms with van der Waals surface area (Å²) in [7, 11) is 0. The van der Waals surface area contributed by atoms with Crippen molar-refractivity contribution in [1.29, 1.82) is 0 Å². The summed E-state index contributed by atoms with van der Waals surface area (Å²) in [6.07, 6.45) is 3.23. The van der Waals surface area contributed by atoms with Gasteiger partial charge in [-0.25, -0.2) is 0 Å². The van der Waals surface area contributed by atoms with Crippen LogP contribution in [0.1, 0.15) is 11.8 Å². The molecule has 1 saturated heterocycles. The molecular weight excluding hydrogens is 286 g/mol. The lowest BCUT2D eigenvalue weighted by Crippen LogP contribution is -2.53. The Morgan fingerprint density at radius 1 is 1.53 bits per heavy atom. The quantitative estimate of drug-likeness (QED) is 0.869. The minimum Gasteiger partial charge on any atom is -0.481 e. The van der Waals surface area contributed by atoms with Crippen molar-refractivity contribution >= 4 is 40.9 Å². The molecule has 1 N–H and O–H groups in total. The molecule has 2 rings (SSSR count). The predicted molar refractivity (Wildman–Crippen MR) is 75.2 cm³/mol. The van der Waals surface area contributed by atoms with E-state index in [1.165, 1.54) is 17.4 Å². The summed E-state index contributed by atoms with van der Waals surface area (Å²) in [5, 5.41) is 8.87. The number of carbonyl (C=O) groups excluding carboxylic acids is 1. The largest absolute Gasteiger partial charge is 0.481 e. The van der Waals surface area contributed by atoms with Gasteiger partial charge in [0, 0.05) is 30.0 Å². The van der Waals surface area contributed by atoms with Gasteiger partial charge in [0.1, 0.15) is 0 Å². The van der Waals surface area contributed by atoms with Crippen molar-refractivity contribution in [2.24, 2.45) is 11.8 Å². The van der Waals surface area contributed by atoms with Crippen LogP contribution >= 0.6 is 22.9 Å². The van der Waals surface area contributed by atoms with Crippen LogP contribution in [0.4, 0.5) is 0 Å². The molecule has 0 aromatic carbocycles. The summed E-state index contributed by atoms with van der Waals surface area (Å²) in [6, 6.07) is 3.63. The minimum atomic E-state index is -0.805. The van der Waals surface area contributed by atoms with E-state index in [0.717, 1.165) is 4.88 Å². The van der Waals surface area contributed by atoms with E-state index in [2.05, 4.69) is 0 Å². The number of hydrogen-bond donors (Lipinski definition) is 1. The van der Waals surface area contributed by atoms with E-state index in [1.54, 1.807) is 24.0 Å². The molecule has 1 atom stereocenters. The molecule has 0 radical (unpaired) electrons. The summed E-state index contributed by atoms with van der Waals surface area (Å²) in [5.41, 5.74) is 0. The smallest absolute Gasteiger partial charge is 0.306 e. The van der Waals surface area contributed by atoms with Crippen molar-refractivity contribution in [3.63, 3.8) is 0 Å². The van der Waals surface area contributed by atoms with Crippen LogP contribution in [-0.2, 0) is 9.59 Å². The fraction of sp³-hybridized carbons (Fsp3) is 0.385. The molecule has 1 amide bonds. The summed E-state index contributed by atoms with van der Waals surface area (Å²) < 4.78 is 0.686. The molecule has 0 bridgehead atoms. The molecule has 1 fully saturated rings. The van der Waals surface area contributed by atoms with Crippen molar-refractivity contribution in [2.75, 3.05) is 13.1 Å². The fourth-order valence-corrected chi connectivity index (χ4v) is 2.85. The molecule has 1 aliphatic rings. The highest BCUT2D eigenvalue weighted by atomic mass is 35.5. The van der Waals surface area contributed by atoms with Crippen LogP contribution in [0.3, 0.4) is 0 Å². The second kappa shape index (κ2) is 5.75.